The highest BCUT2D eigenvalue weighted by Crippen LogP contribution is 2.20. The van der Waals surface area contributed by atoms with E-state index in [1.54, 1.807) is 7.11 Å². The molecule has 96 valence electrons. The zero-order valence-electron chi connectivity index (χ0n) is 11.0. The lowest BCUT2D eigenvalue weighted by Gasteiger charge is -2.32. The number of ether oxygens (including phenoxy) is 1. The molecule has 0 saturated heterocycles. The van der Waals surface area contributed by atoms with Crippen molar-refractivity contribution in [2.24, 2.45) is 0 Å². The molecule has 0 atom stereocenters. The first-order valence-corrected chi connectivity index (χ1v) is 6.20. The van der Waals surface area contributed by atoms with Crippen molar-refractivity contribution >= 4 is 11.5 Å². The summed E-state index contributed by atoms with van der Waals surface area (Å²) in [6.07, 6.45) is 4.07. The van der Waals surface area contributed by atoms with Gasteiger partial charge in [-0.05, 0) is 25.0 Å². The minimum absolute atomic E-state index is 0.524. The normalized spacial score (nSPS) is 10.8. The van der Waals surface area contributed by atoms with Crippen LogP contribution in [0.25, 0.3) is 0 Å². The lowest BCUT2D eigenvalue weighted by molar-refractivity contribution is 0.202. The Morgan fingerprint density at radius 2 is 2.06 bits per heavy atom. The predicted molar refractivity (Wildman–Crippen MR) is 72.2 cm³/mol. The number of nitrogen functional groups attached to an aromatic ring is 1. The van der Waals surface area contributed by atoms with E-state index in [4.69, 9.17) is 10.5 Å². The Labute approximate surface area is 104 Å². The fourth-order valence-corrected chi connectivity index (χ4v) is 2.01. The molecule has 0 aliphatic carbocycles. The maximum atomic E-state index is 5.61. The molecule has 0 saturated carbocycles. The average molecular weight is 237 g/mol. The summed E-state index contributed by atoms with van der Waals surface area (Å²) >= 11 is 0. The Kier molecular flexibility index (Phi) is 5.77. The number of nitrogens with zero attached hydrogens (tertiary/aromatic N) is 2. The van der Waals surface area contributed by atoms with Crippen LogP contribution in [0.5, 0.6) is 0 Å². The summed E-state index contributed by atoms with van der Waals surface area (Å²) < 4.78 is 5.17. The molecule has 1 aromatic heterocycles. The molecular weight excluding hydrogens is 214 g/mol. The molecule has 17 heavy (non-hydrogen) atoms. The lowest BCUT2D eigenvalue weighted by Crippen LogP contribution is -2.37. The van der Waals surface area contributed by atoms with Gasteiger partial charge in [-0.3, -0.25) is 0 Å². The van der Waals surface area contributed by atoms with Crippen LogP contribution in [0.15, 0.2) is 18.3 Å². The number of hydrogen-bond acceptors (Lipinski definition) is 4. The van der Waals surface area contributed by atoms with Gasteiger partial charge in [0.1, 0.15) is 5.82 Å². The van der Waals surface area contributed by atoms with Crippen molar-refractivity contribution < 1.29 is 4.74 Å². The third-order valence-electron chi connectivity index (χ3n) is 3.02. The van der Waals surface area contributed by atoms with Crippen molar-refractivity contribution in [2.75, 3.05) is 30.9 Å². The predicted octanol–water partition coefficient (Wildman–Crippen LogP) is 2.31. The standard InChI is InChI=1S/C13H23N3O/c1-4-11(5-2)16(8-9-17-3)12-6-7-13(14)15-10-12/h6-7,10-11H,4-5,8-9H2,1-3H3,(H2,14,15). The van der Waals surface area contributed by atoms with Crippen molar-refractivity contribution in [2.45, 2.75) is 32.7 Å². The number of methoxy groups -OCH3 is 1. The number of rotatable bonds is 7. The first kappa shape index (κ1) is 13.8. The largest absolute Gasteiger partial charge is 0.384 e. The van der Waals surface area contributed by atoms with Gasteiger partial charge < -0.3 is 15.4 Å². The molecule has 0 unspecified atom stereocenters. The van der Waals surface area contributed by atoms with Gasteiger partial charge in [0.2, 0.25) is 0 Å². The quantitative estimate of drug-likeness (QED) is 0.790. The molecule has 0 bridgehead atoms. The van der Waals surface area contributed by atoms with E-state index in [9.17, 15) is 0 Å². The Morgan fingerprint density at radius 3 is 2.53 bits per heavy atom. The van der Waals surface area contributed by atoms with E-state index in [-0.39, 0.29) is 0 Å². The number of nitrogens with two attached hydrogens (primary N) is 1. The first-order chi connectivity index (χ1) is 8.22. The van der Waals surface area contributed by atoms with Gasteiger partial charge in [-0.2, -0.15) is 0 Å². The summed E-state index contributed by atoms with van der Waals surface area (Å²) in [5.41, 5.74) is 6.73. The molecule has 0 amide bonds. The molecule has 0 spiro atoms. The van der Waals surface area contributed by atoms with Crippen LogP contribution in [0.4, 0.5) is 11.5 Å². The topological polar surface area (TPSA) is 51.4 Å². The summed E-state index contributed by atoms with van der Waals surface area (Å²) in [7, 11) is 1.73. The minimum atomic E-state index is 0.524. The van der Waals surface area contributed by atoms with Gasteiger partial charge in [0, 0.05) is 19.7 Å². The van der Waals surface area contributed by atoms with Crippen LogP contribution in [-0.4, -0.2) is 31.3 Å². The average Bonchev–Trinajstić information content (AvgIpc) is 2.36. The van der Waals surface area contributed by atoms with Gasteiger partial charge >= 0.3 is 0 Å². The molecule has 1 rings (SSSR count). The van der Waals surface area contributed by atoms with Crippen molar-refractivity contribution in [3.05, 3.63) is 18.3 Å². The Balaban J connectivity index is 2.84. The highest BCUT2D eigenvalue weighted by atomic mass is 16.5. The molecule has 2 N–H and O–H groups in total. The molecule has 0 aromatic carbocycles. The first-order valence-electron chi connectivity index (χ1n) is 6.20. The maximum Gasteiger partial charge on any atom is 0.123 e. The van der Waals surface area contributed by atoms with E-state index < -0.39 is 0 Å². The highest BCUT2D eigenvalue weighted by molar-refractivity contribution is 5.48. The van der Waals surface area contributed by atoms with Crippen LogP contribution in [0, 0.1) is 0 Å². The highest BCUT2D eigenvalue weighted by Gasteiger charge is 2.15. The van der Waals surface area contributed by atoms with Gasteiger partial charge in [0.25, 0.3) is 0 Å². The Bertz CT molecular complexity index is 309. The van der Waals surface area contributed by atoms with Crippen LogP contribution in [-0.2, 0) is 4.74 Å². The lowest BCUT2D eigenvalue weighted by atomic mass is 10.1. The molecule has 4 heteroatoms. The van der Waals surface area contributed by atoms with Crippen molar-refractivity contribution in [3.63, 3.8) is 0 Å². The van der Waals surface area contributed by atoms with Crippen LogP contribution in [0.2, 0.25) is 0 Å². The Morgan fingerprint density at radius 1 is 1.35 bits per heavy atom. The van der Waals surface area contributed by atoms with E-state index in [2.05, 4.69) is 23.7 Å². The summed E-state index contributed by atoms with van der Waals surface area (Å²) in [6, 6.07) is 4.39. The van der Waals surface area contributed by atoms with Crippen LogP contribution in [0.3, 0.4) is 0 Å². The monoisotopic (exact) mass is 237 g/mol. The minimum Gasteiger partial charge on any atom is -0.384 e. The molecule has 0 aliphatic rings. The second kappa shape index (κ2) is 7.12. The summed E-state index contributed by atoms with van der Waals surface area (Å²) in [6.45, 7) is 6.02. The van der Waals surface area contributed by atoms with Crippen LogP contribution in [0.1, 0.15) is 26.7 Å². The number of pyridine rings is 1. The number of aromatic nitrogens is 1. The van der Waals surface area contributed by atoms with Gasteiger partial charge in [-0.15, -0.1) is 0 Å². The van der Waals surface area contributed by atoms with E-state index in [0.717, 1.165) is 31.7 Å². The summed E-state index contributed by atoms with van der Waals surface area (Å²) in [4.78, 5) is 6.50. The summed E-state index contributed by atoms with van der Waals surface area (Å²) in [5.74, 6) is 0.560. The van der Waals surface area contributed by atoms with Crippen molar-refractivity contribution in [1.82, 2.24) is 4.98 Å². The molecular formula is C13H23N3O. The van der Waals surface area contributed by atoms with E-state index in [0.29, 0.717) is 11.9 Å². The van der Waals surface area contributed by atoms with E-state index >= 15 is 0 Å². The second-order valence-electron chi connectivity index (χ2n) is 4.10. The second-order valence-corrected chi connectivity index (χ2v) is 4.10. The molecule has 0 radical (unpaired) electrons. The number of anilines is 2. The van der Waals surface area contributed by atoms with Crippen molar-refractivity contribution in [1.29, 1.82) is 0 Å². The van der Waals surface area contributed by atoms with Gasteiger partial charge in [0.05, 0.1) is 18.5 Å². The molecule has 0 aliphatic heterocycles. The molecule has 0 fully saturated rings. The SMILES string of the molecule is CCC(CC)N(CCOC)c1ccc(N)nc1. The van der Waals surface area contributed by atoms with Gasteiger partial charge in [0.15, 0.2) is 0 Å². The molecule has 1 aromatic rings. The van der Waals surface area contributed by atoms with Gasteiger partial charge in [-0.25, -0.2) is 4.98 Å². The third-order valence-corrected chi connectivity index (χ3v) is 3.02. The zero-order valence-corrected chi connectivity index (χ0v) is 11.0. The molecule has 1 heterocycles. The van der Waals surface area contributed by atoms with Gasteiger partial charge in [-0.1, -0.05) is 13.8 Å². The van der Waals surface area contributed by atoms with Crippen LogP contribution < -0.4 is 10.6 Å². The maximum absolute atomic E-state index is 5.61. The fourth-order valence-electron chi connectivity index (χ4n) is 2.01. The fraction of sp³-hybridized carbons (Fsp3) is 0.615. The van der Waals surface area contributed by atoms with Crippen molar-refractivity contribution in [3.8, 4) is 0 Å². The number of hydrogen-bond donors (Lipinski definition) is 1. The third kappa shape index (κ3) is 3.89. The zero-order chi connectivity index (χ0) is 12.7. The Hall–Kier alpha value is -1.29. The van der Waals surface area contributed by atoms with E-state index in [1.165, 1.54) is 0 Å². The molecule has 4 nitrogen and oxygen atoms in total. The van der Waals surface area contributed by atoms with Crippen LogP contribution >= 0.6 is 0 Å². The smallest absolute Gasteiger partial charge is 0.123 e. The summed E-state index contributed by atoms with van der Waals surface area (Å²) in [5, 5.41) is 0. The van der Waals surface area contributed by atoms with E-state index in [1.807, 2.05) is 18.3 Å².